The predicted octanol–water partition coefficient (Wildman–Crippen LogP) is 2.59. The molecule has 0 aliphatic rings. The number of hydrogen-bond acceptors (Lipinski definition) is 5. The molecule has 1 unspecified atom stereocenters. The van der Waals surface area contributed by atoms with E-state index in [4.69, 9.17) is 0 Å². The summed E-state index contributed by atoms with van der Waals surface area (Å²) >= 11 is 1.80. The largest absolute Gasteiger partial charge is 0.351 e. The van der Waals surface area contributed by atoms with Gasteiger partial charge in [-0.25, -0.2) is 4.98 Å². The van der Waals surface area contributed by atoms with Gasteiger partial charge in [0.05, 0.1) is 0 Å². The fourth-order valence-electron chi connectivity index (χ4n) is 1.83. The molecule has 1 atom stereocenters. The molecule has 1 heterocycles. The van der Waals surface area contributed by atoms with Crippen molar-refractivity contribution in [3.05, 3.63) is 11.1 Å². The van der Waals surface area contributed by atoms with Crippen molar-refractivity contribution in [2.24, 2.45) is 0 Å². The lowest BCUT2D eigenvalue weighted by atomic mass is 10.3. The molecule has 4 nitrogen and oxygen atoms in total. The van der Waals surface area contributed by atoms with Crippen molar-refractivity contribution < 1.29 is 0 Å². The van der Waals surface area contributed by atoms with E-state index >= 15 is 0 Å². The molecule has 0 radical (unpaired) electrons. The second-order valence-electron chi connectivity index (χ2n) is 5.30. The summed E-state index contributed by atoms with van der Waals surface area (Å²) in [6, 6.07) is 0.404. The number of hydrogen-bond donors (Lipinski definition) is 1. The lowest BCUT2D eigenvalue weighted by Gasteiger charge is -2.17. The van der Waals surface area contributed by atoms with Gasteiger partial charge in [-0.2, -0.15) is 0 Å². The van der Waals surface area contributed by atoms with E-state index in [0.717, 1.165) is 24.8 Å². The Balaban J connectivity index is 2.44. The quantitative estimate of drug-likeness (QED) is 0.755. The molecule has 5 heteroatoms. The number of aromatic nitrogens is 1. The number of nitrogens with one attached hydrogen (secondary N) is 1. The monoisotopic (exact) mass is 284 g/mol. The Bertz CT molecular complexity index is 351. The Labute approximate surface area is 121 Å². The number of nitrogens with zero attached hydrogens (tertiary/aromatic N) is 3. The van der Waals surface area contributed by atoms with Crippen LogP contribution in [0.1, 0.15) is 37.6 Å². The van der Waals surface area contributed by atoms with Crippen LogP contribution in [0.25, 0.3) is 0 Å². The highest BCUT2D eigenvalue weighted by molar-refractivity contribution is 7.15. The lowest BCUT2D eigenvalue weighted by Crippen LogP contribution is -2.23. The van der Waals surface area contributed by atoms with Gasteiger partial charge in [-0.3, -0.25) is 0 Å². The van der Waals surface area contributed by atoms with E-state index in [2.05, 4.69) is 55.1 Å². The van der Waals surface area contributed by atoms with Crippen LogP contribution in [0.5, 0.6) is 0 Å². The van der Waals surface area contributed by atoms with Crippen LogP contribution in [-0.2, 0) is 0 Å². The van der Waals surface area contributed by atoms with Crippen molar-refractivity contribution >= 4 is 16.5 Å². The van der Waals surface area contributed by atoms with Gasteiger partial charge in [-0.05, 0) is 47.0 Å². The van der Waals surface area contributed by atoms with Gasteiger partial charge in [0.25, 0.3) is 0 Å². The van der Waals surface area contributed by atoms with Crippen molar-refractivity contribution in [2.45, 2.75) is 32.7 Å². The maximum absolute atomic E-state index is 4.53. The normalized spacial score (nSPS) is 12.9. The van der Waals surface area contributed by atoms with Crippen molar-refractivity contribution in [1.29, 1.82) is 0 Å². The van der Waals surface area contributed by atoms with Gasteiger partial charge in [0, 0.05) is 30.7 Å². The van der Waals surface area contributed by atoms with Crippen molar-refractivity contribution in [3.8, 4) is 0 Å². The number of rotatable bonds is 9. The second-order valence-corrected chi connectivity index (χ2v) is 6.34. The van der Waals surface area contributed by atoms with E-state index in [1.807, 2.05) is 6.20 Å². The molecule has 0 saturated heterocycles. The molecule has 1 N–H and O–H groups in total. The second kappa shape index (κ2) is 8.51. The van der Waals surface area contributed by atoms with E-state index in [1.165, 1.54) is 17.7 Å². The molecule has 1 aromatic rings. The molecule has 1 rings (SSSR count). The average molecular weight is 284 g/mol. The maximum atomic E-state index is 4.53. The van der Waals surface area contributed by atoms with Crippen molar-refractivity contribution in [1.82, 2.24) is 15.2 Å². The fourth-order valence-corrected chi connectivity index (χ4v) is 2.76. The van der Waals surface area contributed by atoms with Crippen molar-refractivity contribution in [2.75, 3.05) is 45.7 Å². The fraction of sp³-hybridized carbons (Fsp3) is 0.786. The third-order valence-electron chi connectivity index (χ3n) is 3.06. The highest BCUT2D eigenvalue weighted by atomic mass is 32.1. The standard InChI is InChI=1S/C14H28N4S/c1-6-8-15-12(2)13-11-16-14(19-13)18(5)10-7-9-17(3)4/h11-12,15H,6-10H2,1-5H3. The molecular formula is C14H28N4S. The van der Waals surface area contributed by atoms with Crippen LogP contribution in [0.4, 0.5) is 5.13 Å². The van der Waals surface area contributed by atoms with Crippen LogP contribution in [0.15, 0.2) is 6.20 Å². The van der Waals surface area contributed by atoms with Gasteiger partial charge in [0.2, 0.25) is 0 Å². The van der Waals surface area contributed by atoms with Gasteiger partial charge in [0.15, 0.2) is 5.13 Å². The van der Waals surface area contributed by atoms with Crippen LogP contribution in [0.3, 0.4) is 0 Å². The van der Waals surface area contributed by atoms with Crippen LogP contribution < -0.4 is 10.2 Å². The summed E-state index contributed by atoms with van der Waals surface area (Å²) in [5.41, 5.74) is 0. The highest BCUT2D eigenvalue weighted by Gasteiger charge is 2.11. The summed E-state index contributed by atoms with van der Waals surface area (Å²) in [5, 5.41) is 4.63. The van der Waals surface area contributed by atoms with Gasteiger partial charge >= 0.3 is 0 Å². The van der Waals surface area contributed by atoms with E-state index in [1.54, 1.807) is 11.3 Å². The summed E-state index contributed by atoms with van der Waals surface area (Å²) in [6.07, 6.45) is 4.35. The van der Waals surface area contributed by atoms with Crippen LogP contribution in [0.2, 0.25) is 0 Å². The third kappa shape index (κ3) is 5.89. The Morgan fingerprint density at radius 2 is 2.05 bits per heavy atom. The van der Waals surface area contributed by atoms with Crippen LogP contribution in [0, 0.1) is 0 Å². The average Bonchev–Trinajstić information content (AvgIpc) is 2.85. The zero-order valence-corrected chi connectivity index (χ0v) is 13.8. The molecule has 0 fully saturated rings. The third-order valence-corrected chi connectivity index (χ3v) is 4.36. The minimum Gasteiger partial charge on any atom is -0.351 e. The molecule has 0 amide bonds. The van der Waals surface area contributed by atoms with Crippen LogP contribution in [-0.4, -0.2) is 50.7 Å². The first-order valence-corrected chi connectivity index (χ1v) is 7.91. The summed E-state index contributed by atoms with van der Waals surface area (Å²) in [6.45, 7) is 7.64. The molecular weight excluding hydrogens is 256 g/mol. The Morgan fingerprint density at radius 3 is 2.68 bits per heavy atom. The molecule has 0 spiro atoms. The van der Waals surface area contributed by atoms with Gasteiger partial charge in [-0.15, -0.1) is 11.3 Å². The molecule has 110 valence electrons. The summed E-state index contributed by atoms with van der Waals surface area (Å²) < 4.78 is 0. The lowest BCUT2D eigenvalue weighted by molar-refractivity contribution is 0.401. The van der Waals surface area contributed by atoms with Crippen molar-refractivity contribution in [3.63, 3.8) is 0 Å². The molecule has 0 aliphatic heterocycles. The topological polar surface area (TPSA) is 31.4 Å². The molecule has 19 heavy (non-hydrogen) atoms. The zero-order valence-electron chi connectivity index (χ0n) is 12.9. The predicted molar refractivity (Wildman–Crippen MR) is 85.3 cm³/mol. The van der Waals surface area contributed by atoms with Gasteiger partial charge in [-0.1, -0.05) is 6.92 Å². The highest BCUT2D eigenvalue weighted by Crippen LogP contribution is 2.26. The van der Waals surface area contributed by atoms with E-state index in [9.17, 15) is 0 Å². The Hall–Kier alpha value is -0.650. The smallest absolute Gasteiger partial charge is 0.185 e. The number of thiazole rings is 1. The van der Waals surface area contributed by atoms with E-state index in [0.29, 0.717) is 6.04 Å². The Kier molecular flexibility index (Phi) is 7.34. The SMILES string of the molecule is CCCNC(C)c1cnc(N(C)CCCN(C)C)s1. The zero-order chi connectivity index (χ0) is 14.3. The summed E-state index contributed by atoms with van der Waals surface area (Å²) in [7, 11) is 6.35. The first-order valence-electron chi connectivity index (χ1n) is 7.09. The number of anilines is 1. The van der Waals surface area contributed by atoms with E-state index < -0.39 is 0 Å². The maximum Gasteiger partial charge on any atom is 0.185 e. The van der Waals surface area contributed by atoms with E-state index in [-0.39, 0.29) is 0 Å². The molecule has 0 saturated carbocycles. The van der Waals surface area contributed by atoms with Crippen LogP contribution >= 0.6 is 11.3 Å². The van der Waals surface area contributed by atoms with Gasteiger partial charge < -0.3 is 15.1 Å². The minimum absolute atomic E-state index is 0.404. The van der Waals surface area contributed by atoms with Gasteiger partial charge in [0.1, 0.15) is 0 Å². The Morgan fingerprint density at radius 1 is 1.32 bits per heavy atom. The molecule has 0 aromatic carbocycles. The minimum atomic E-state index is 0.404. The summed E-state index contributed by atoms with van der Waals surface area (Å²) in [5.74, 6) is 0. The molecule has 0 bridgehead atoms. The molecule has 0 aliphatic carbocycles. The first-order chi connectivity index (χ1) is 9.04. The molecule has 1 aromatic heterocycles. The first kappa shape index (κ1) is 16.4. The summed E-state index contributed by atoms with van der Waals surface area (Å²) in [4.78, 5) is 10.3.